The summed E-state index contributed by atoms with van der Waals surface area (Å²) < 4.78 is 32.7. The number of sulfonamides is 1. The topological polar surface area (TPSA) is 128 Å². The molecule has 10 heteroatoms. The second kappa shape index (κ2) is 6.71. The van der Waals surface area contributed by atoms with Crippen LogP contribution in [0.15, 0.2) is 45.9 Å². The van der Waals surface area contributed by atoms with Crippen LogP contribution in [0.25, 0.3) is 11.4 Å². The number of hydrogen-bond donors (Lipinski definition) is 1. The SMILES string of the molecule is Cc1ncc(-c2noc([C@H]3CCCN3S(=O)(=O)c3ccccc3)n2)c(N)n1. The van der Waals surface area contributed by atoms with Crippen LogP contribution < -0.4 is 5.73 Å². The molecule has 27 heavy (non-hydrogen) atoms. The van der Waals surface area contributed by atoms with E-state index in [2.05, 4.69) is 20.1 Å². The summed E-state index contributed by atoms with van der Waals surface area (Å²) in [5.41, 5.74) is 6.36. The Morgan fingerprint density at radius 3 is 2.74 bits per heavy atom. The van der Waals surface area contributed by atoms with Gasteiger partial charge in [-0.3, -0.25) is 0 Å². The van der Waals surface area contributed by atoms with E-state index in [1.807, 2.05) is 0 Å². The first-order chi connectivity index (χ1) is 13.0. The van der Waals surface area contributed by atoms with E-state index in [0.717, 1.165) is 0 Å². The van der Waals surface area contributed by atoms with Crippen molar-refractivity contribution in [3.8, 4) is 11.4 Å². The number of hydrogen-bond acceptors (Lipinski definition) is 8. The smallest absolute Gasteiger partial charge is 0.245 e. The lowest BCUT2D eigenvalue weighted by Crippen LogP contribution is -2.30. The summed E-state index contributed by atoms with van der Waals surface area (Å²) in [6.07, 6.45) is 2.84. The van der Waals surface area contributed by atoms with Crippen molar-refractivity contribution in [2.24, 2.45) is 0 Å². The maximum atomic E-state index is 13.0. The van der Waals surface area contributed by atoms with Crippen molar-refractivity contribution >= 4 is 15.8 Å². The first-order valence-electron chi connectivity index (χ1n) is 8.47. The fourth-order valence-electron chi connectivity index (χ4n) is 3.14. The predicted octanol–water partition coefficient (Wildman–Crippen LogP) is 1.94. The molecule has 0 radical (unpaired) electrons. The molecule has 1 aliphatic rings. The highest BCUT2D eigenvalue weighted by molar-refractivity contribution is 7.89. The van der Waals surface area contributed by atoms with Gasteiger partial charge in [-0.1, -0.05) is 23.4 Å². The van der Waals surface area contributed by atoms with Crippen LogP contribution in [0, 0.1) is 6.92 Å². The molecule has 0 unspecified atom stereocenters. The van der Waals surface area contributed by atoms with Crippen LogP contribution in [0.4, 0.5) is 5.82 Å². The Morgan fingerprint density at radius 1 is 1.22 bits per heavy atom. The third-order valence-electron chi connectivity index (χ3n) is 4.46. The molecule has 0 aliphatic carbocycles. The van der Waals surface area contributed by atoms with E-state index in [9.17, 15) is 8.42 Å². The molecule has 1 aliphatic heterocycles. The van der Waals surface area contributed by atoms with Gasteiger partial charge in [-0.05, 0) is 31.9 Å². The summed E-state index contributed by atoms with van der Waals surface area (Å²) in [5, 5.41) is 3.94. The van der Waals surface area contributed by atoms with Gasteiger partial charge in [0.2, 0.25) is 21.7 Å². The fourth-order valence-corrected chi connectivity index (χ4v) is 4.81. The lowest BCUT2D eigenvalue weighted by atomic mass is 10.2. The molecule has 4 rings (SSSR count). The van der Waals surface area contributed by atoms with Crippen molar-refractivity contribution in [3.63, 3.8) is 0 Å². The molecule has 1 saturated heterocycles. The zero-order chi connectivity index (χ0) is 19.0. The lowest BCUT2D eigenvalue weighted by Gasteiger charge is -2.21. The first kappa shape index (κ1) is 17.6. The largest absolute Gasteiger partial charge is 0.383 e. The third kappa shape index (κ3) is 3.17. The molecule has 0 amide bonds. The highest BCUT2D eigenvalue weighted by Crippen LogP contribution is 2.36. The minimum atomic E-state index is -3.65. The molecule has 1 fully saturated rings. The average molecular weight is 386 g/mol. The van der Waals surface area contributed by atoms with Gasteiger partial charge in [-0.25, -0.2) is 18.4 Å². The van der Waals surface area contributed by atoms with E-state index in [4.69, 9.17) is 10.3 Å². The second-order valence-corrected chi connectivity index (χ2v) is 8.15. The molecule has 3 aromatic rings. The summed E-state index contributed by atoms with van der Waals surface area (Å²) in [6, 6.07) is 7.82. The number of nitrogens with zero attached hydrogens (tertiary/aromatic N) is 5. The second-order valence-electron chi connectivity index (χ2n) is 6.26. The lowest BCUT2D eigenvalue weighted by molar-refractivity contribution is 0.290. The number of benzene rings is 1. The van der Waals surface area contributed by atoms with E-state index in [-0.39, 0.29) is 22.4 Å². The van der Waals surface area contributed by atoms with Gasteiger partial charge in [-0.15, -0.1) is 0 Å². The van der Waals surface area contributed by atoms with Crippen LogP contribution in [0.2, 0.25) is 0 Å². The van der Waals surface area contributed by atoms with Gasteiger partial charge >= 0.3 is 0 Å². The summed E-state index contributed by atoms with van der Waals surface area (Å²) in [6.45, 7) is 2.13. The standard InChI is InChI=1S/C17H18N6O3S/c1-11-19-10-13(15(18)20-11)16-21-17(26-22-16)14-8-5-9-23(14)27(24,25)12-6-3-2-4-7-12/h2-4,6-7,10,14H,5,8-9H2,1H3,(H2,18,19,20)/t14-/m1/s1. The minimum absolute atomic E-state index is 0.238. The Morgan fingerprint density at radius 2 is 2.00 bits per heavy atom. The van der Waals surface area contributed by atoms with Gasteiger partial charge < -0.3 is 10.3 Å². The molecule has 2 aromatic heterocycles. The van der Waals surface area contributed by atoms with Crippen LogP contribution in [-0.4, -0.2) is 39.4 Å². The average Bonchev–Trinajstić information content (AvgIpc) is 3.32. The molecule has 1 atom stereocenters. The summed E-state index contributed by atoms with van der Waals surface area (Å²) in [7, 11) is -3.65. The number of nitrogens with two attached hydrogens (primary N) is 1. The van der Waals surface area contributed by atoms with Gasteiger partial charge in [0.1, 0.15) is 17.7 Å². The molecule has 3 heterocycles. The van der Waals surface area contributed by atoms with Crippen molar-refractivity contribution in [3.05, 3.63) is 48.2 Å². The Bertz CT molecular complexity index is 1070. The minimum Gasteiger partial charge on any atom is -0.383 e. The zero-order valence-corrected chi connectivity index (χ0v) is 15.4. The number of anilines is 1. The molecular weight excluding hydrogens is 368 g/mol. The maximum Gasteiger partial charge on any atom is 0.245 e. The summed E-state index contributed by atoms with van der Waals surface area (Å²) >= 11 is 0. The molecule has 0 spiro atoms. The van der Waals surface area contributed by atoms with Crippen LogP contribution in [0.5, 0.6) is 0 Å². The Balaban J connectivity index is 1.66. The molecule has 0 bridgehead atoms. The van der Waals surface area contributed by atoms with Gasteiger partial charge in [0.15, 0.2) is 0 Å². The van der Waals surface area contributed by atoms with Gasteiger partial charge in [0, 0.05) is 12.7 Å². The van der Waals surface area contributed by atoms with Crippen molar-refractivity contribution in [2.45, 2.75) is 30.7 Å². The van der Waals surface area contributed by atoms with Crippen molar-refractivity contribution in [1.82, 2.24) is 24.4 Å². The molecule has 140 valence electrons. The number of aromatic nitrogens is 4. The zero-order valence-electron chi connectivity index (χ0n) is 14.6. The molecule has 2 N–H and O–H groups in total. The maximum absolute atomic E-state index is 13.0. The van der Waals surface area contributed by atoms with Gasteiger partial charge in [-0.2, -0.15) is 9.29 Å². The highest BCUT2D eigenvalue weighted by atomic mass is 32.2. The van der Waals surface area contributed by atoms with E-state index < -0.39 is 16.1 Å². The Hall–Kier alpha value is -2.85. The van der Waals surface area contributed by atoms with Gasteiger partial charge in [0.25, 0.3) is 0 Å². The molecule has 9 nitrogen and oxygen atoms in total. The normalized spacial score (nSPS) is 18.0. The highest BCUT2D eigenvalue weighted by Gasteiger charge is 2.39. The monoisotopic (exact) mass is 386 g/mol. The van der Waals surface area contributed by atoms with Gasteiger partial charge in [0.05, 0.1) is 10.5 Å². The van der Waals surface area contributed by atoms with Crippen LogP contribution in [0.1, 0.15) is 30.6 Å². The van der Waals surface area contributed by atoms with Crippen molar-refractivity contribution < 1.29 is 12.9 Å². The van der Waals surface area contributed by atoms with Crippen LogP contribution in [0.3, 0.4) is 0 Å². The summed E-state index contributed by atoms with van der Waals surface area (Å²) in [4.78, 5) is 12.8. The number of rotatable bonds is 4. The number of nitrogen functional groups attached to an aromatic ring is 1. The first-order valence-corrected chi connectivity index (χ1v) is 9.91. The molecule has 1 aromatic carbocycles. The predicted molar refractivity (Wildman–Crippen MR) is 96.8 cm³/mol. The molecule has 0 saturated carbocycles. The quantitative estimate of drug-likeness (QED) is 0.720. The Kier molecular flexibility index (Phi) is 4.36. The van der Waals surface area contributed by atoms with Crippen molar-refractivity contribution in [1.29, 1.82) is 0 Å². The van der Waals surface area contributed by atoms with Crippen LogP contribution >= 0.6 is 0 Å². The van der Waals surface area contributed by atoms with E-state index in [0.29, 0.717) is 30.8 Å². The summed E-state index contributed by atoms with van der Waals surface area (Å²) in [5.74, 6) is 1.26. The van der Waals surface area contributed by atoms with E-state index in [1.165, 1.54) is 10.5 Å². The van der Waals surface area contributed by atoms with Crippen molar-refractivity contribution in [2.75, 3.05) is 12.3 Å². The van der Waals surface area contributed by atoms with E-state index >= 15 is 0 Å². The van der Waals surface area contributed by atoms with Crippen LogP contribution in [-0.2, 0) is 10.0 Å². The van der Waals surface area contributed by atoms with E-state index in [1.54, 1.807) is 37.3 Å². The third-order valence-corrected chi connectivity index (χ3v) is 6.38. The number of aryl methyl sites for hydroxylation is 1. The fraction of sp³-hybridized carbons (Fsp3) is 0.294. The molecular formula is C17H18N6O3S. The Labute approximate surface area is 156 Å².